The molecular weight excluding hydrogens is 202 g/mol. The standard InChI is InChI=1S/C13H25NO2/c1-11(2)14(8-5-9-15)10-13(16)12-6-3-4-7-12/h11-12,15H,3-10H2,1-2H3. The zero-order chi connectivity index (χ0) is 12.0. The molecular formula is C13H25NO2. The molecule has 0 aliphatic heterocycles. The van der Waals surface area contributed by atoms with Crippen LogP contribution in [0.3, 0.4) is 0 Å². The van der Waals surface area contributed by atoms with Gasteiger partial charge in [-0.1, -0.05) is 12.8 Å². The van der Waals surface area contributed by atoms with Crippen molar-refractivity contribution in [2.75, 3.05) is 19.7 Å². The molecule has 1 fully saturated rings. The van der Waals surface area contributed by atoms with Gasteiger partial charge in [0, 0.05) is 25.1 Å². The summed E-state index contributed by atoms with van der Waals surface area (Å²) in [6.45, 7) is 5.83. The van der Waals surface area contributed by atoms with Gasteiger partial charge in [-0.15, -0.1) is 0 Å². The van der Waals surface area contributed by atoms with Gasteiger partial charge in [-0.3, -0.25) is 9.69 Å². The zero-order valence-electron chi connectivity index (χ0n) is 10.6. The van der Waals surface area contributed by atoms with Crippen molar-refractivity contribution in [2.45, 2.75) is 52.0 Å². The van der Waals surface area contributed by atoms with Crippen LogP contribution in [-0.4, -0.2) is 41.5 Å². The lowest BCUT2D eigenvalue weighted by molar-refractivity contribution is -0.124. The third-order valence-corrected chi connectivity index (χ3v) is 3.50. The molecule has 3 nitrogen and oxygen atoms in total. The number of aliphatic hydroxyl groups excluding tert-OH is 1. The molecule has 0 spiro atoms. The molecule has 0 atom stereocenters. The van der Waals surface area contributed by atoms with Gasteiger partial charge < -0.3 is 5.11 Å². The van der Waals surface area contributed by atoms with E-state index in [2.05, 4.69) is 18.7 Å². The molecule has 3 heteroatoms. The Labute approximate surface area is 98.8 Å². The lowest BCUT2D eigenvalue weighted by Gasteiger charge is -2.26. The Kier molecular flexibility index (Phi) is 5.99. The molecule has 0 bridgehead atoms. The highest BCUT2D eigenvalue weighted by Crippen LogP contribution is 2.25. The highest BCUT2D eigenvalue weighted by atomic mass is 16.3. The van der Waals surface area contributed by atoms with Crippen LogP contribution in [0.1, 0.15) is 46.0 Å². The molecule has 1 aliphatic rings. The lowest BCUT2D eigenvalue weighted by atomic mass is 10.0. The van der Waals surface area contributed by atoms with Crippen molar-refractivity contribution in [2.24, 2.45) is 5.92 Å². The molecule has 0 unspecified atom stereocenters. The average molecular weight is 227 g/mol. The van der Waals surface area contributed by atoms with Crippen LogP contribution < -0.4 is 0 Å². The third-order valence-electron chi connectivity index (χ3n) is 3.50. The monoisotopic (exact) mass is 227 g/mol. The maximum Gasteiger partial charge on any atom is 0.149 e. The van der Waals surface area contributed by atoms with Gasteiger partial charge in [-0.25, -0.2) is 0 Å². The number of aliphatic hydroxyl groups is 1. The molecule has 1 saturated carbocycles. The third kappa shape index (κ3) is 4.22. The van der Waals surface area contributed by atoms with Gasteiger partial charge in [0.05, 0.1) is 6.54 Å². The van der Waals surface area contributed by atoms with Crippen molar-refractivity contribution in [3.05, 3.63) is 0 Å². The minimum Gasteiger partial charge on any atom is -0.396 e. The number of hydrogen-bond acceptors (Lipinski definition) is 3. The second kappa shape index (κ2) is 7.02. The Hall–Kier alpha value is -0.410. The van der Waals surface area contributed by atoms with Gasteiger partial charge in [0.25, 0.3) is 0 Å². The van der Waals surface area contributed by atoms with E-state index in [1.807, 2.05) is 0 Å². The van der Waals surface area contributed by atoms with E-state index in [9.17, 15) is 4.79 Å². The number of carbonyl (C=O) groups excluding carboxylic acids is 1. The predicted octanol–water partition coefficient (Wildman–Crippen LogP) is 1.84. The smallest absolute Gasteiger partial charge is 0.149 e. The van der Waals surface area contributed by atoms with Crippen LogP contribution in [0.5, 0.6) is 0 Å². The van der Waals surface area contributed by atoms with Gasteiger partial charge in [0.2, 0.25) is 0 Å². The van der Waals surface area contributed by atoms with Crippen molar-refractivity contribution >= 4 is 5.78 Å². The Morgan fingerprint density at radius 1 is 1.38 bits per heavy atom. The summed E-state index contributed by atoms with van der Waals surface area (Å²) in [5.41, 5.74) is 0. The molecule has 0 aromatic rings. The lowest BCUT2D eigenvalue weighted by Crippen LogP contribution is -2.38. The molecule has 0 amide bonds. The summed E-state index contributed by atoms with van der Waals surface area (Å²) < 4.78 is 0. The molecule has 0 radical (unpaired) electrons. The normalized spacial score (nSPS) is 17.6. The number of rotatable bonds is 7. The molecule has 16 heavy (non-hydrogen) atoms. The summed E-state index contributed by atoms with van der Waals surface area (Å²) >= 11 is 0. The van der Waals surface area contributed by atoms with E-state index in [1.54, 1.807) is 0 Å². The van der Waals surface area contributed by atoms with Crippen LogP contribution in [0.15, 0.2) is 0 Å². The van der Waals surface area contributed by atoms with Gasteiger partial charge in [0.1, 0.15) is 5.78 Å². The fraction of sp³-hybridized carbons (Fsp3) is 0.923. The van der Waals surface area contributed by atoms with Crippen LogP contribution in [-0.2, 0) is 4.79 Å². The van der Waals surface area contributed by atoms with Gasteiger partial charge in [-0.2, -0.15) is 0 Å². The number of Topliss-reactive ketones (excluding diaryl/α,β-unsaturated/α-hetero) is 1. The number of ketones is 1. The maximum atomic E-state index is 12.0. The number of nitrogens with zero attached hydrogens (tertiary/aromatic N) is 1. The molecule has 0 aromatic heterocycles. The summed E-state index contributed by atoms with van der Waals surface area (Å²) in [4.78, 5) is 14.2. The Morgan fingerprint density at radius 3 is 2.50 bits per heavy atom. The second-order valence-electron chi connectivity index (χ2n) is 5.09. The van der Waals surface area contributed by atoms with Crippen LogP contribution in [0, 0.1) is 5.92 Å². The fourth-order valence-corrected chi connectivity index (χ4v) is 2.37. The Balaban J connectivity index is 2.37. The molecule has 0 heterocycles. The first kappa shape index (κ1) is 13.7. The van der Waals surface area contributed by atoms with Gasteiger partial charge >= 0.3 is 0 Å². The van der Waals surface area contributed by atoms with Crippen LogP contribution in [0.2, 0.25) is 0 Å². The van der Waals surface area contributed by atoms with Crippen LogP contribution in [0.25, 0.3) is 0 Å². The summed E-state index contributed by atoms with van der Waals surface area (Å²) in [7, 11) is 0. The first-order valence-electron chi connectivity index (χ1n) is 6.52. The largest absolute Gasteiger partial charge is 0.396 e. The maximum absolute atomic E-state index is 12.0. The number of hydrogen-bond donors (Lipinski definition) is 1. The quantitative estimate of drug-likeness (QED) is 0.721. The van der Waals surface area contributed by atoms with Crippen molar-refractivity contribution < 1.29 is 9.90 Å². The molecule has 1 aliphatic carbocycles. The number of carbonyl (C=O) groups is 1. The van der Waals surface area contributed by atoms with E-state index in [1.165, 1.54) is 12.8 Å². The minimum absolute atomic E-state index is 0.209. The predicted molar refractivity (Wildman–Crippen MR) is 65.4 cm³/mol. The zero-order valence-corrected chi connectivity index (χ0v) is 10.6. The van der Waals surface area contributed by atoms with Gasteiger partial charge in [0.15, 0.2) is 0 Å². The van der Waals surface area contributed by atoms with E-state index in [0.29, 0.717) is 24.3 Å². The molecule has 0 saturated heterocycles. The fourth-order valence-electron chi connectivity index (χ4n) is 2.37. The van der Waals surface area contributed by atoms with E-state index < -0.39 is 0 Å². The van der Waals surface area contributed by atoms with Crippen LogP contribution in [0.4, 0.5) is 0 Å². The van der Waals surface area contributed by atoms with Crippen molar-refractivity contribution in [1.29, 1.82) is 0 Å². The van der Waals surface area contributed by atoms with E-state index in [4.69, 9.17) is 5.11 Å². The van der Waals surface area contributed by atoms with Gasteiger partial charge in [-0.05, 0) is 33.1 Å². The molecule has 94 valence electrons. The summed E-state index contributed by atoms with van der Waals surface area (Å²) in [5, 5.41) is 8.83. The Bertz CT molecular complexity index is 210. The Morgan fingerprint density at radius 2 is 2.00 bits per heavy atom. The molecule has 1 N–H and O–H groups in total. The highest BCUT2D eigenvalue weighted by Gasteiger charge is 2.24. The highest BCUT2D eigenvalue weighted by molar-refractivity contribution is 5.83. The van der Waals surface area contributed by atoms with Crippen molar-refractivity contribution in [3.63, 3.8) is 0 Å². The topological polar surface area (TPSA) is 40.5 Å². The van der Waals surface area contributed by atoms with Crippen LogP contribution >= 0.6 is 0 Å². The SMILES string of the molecule is CC(C)N(CCCO)CC(=O)C1CCCC1. The molecule has 1 rings (SSSR count). The average Bonchev–Trinajstić information content (AvgIpc) is 2.76. The van der Waals surface area contributed by atoms with Crippen molar-refractivity contribution in [3.8, 4) is 0 Å². The first-order chi connectivity index (χ1) is 7.65. The van der Waals surface area contributed by atoms with E-state index >= 15 is 0 Å². The summed E-state index contributed by atoms with van der Waals surface area (Å²) in [6.07, 6.45) is 5.37. The van der Waals surface area contributed by atoms with Crippen molar-refractivity contribution in [1.82, 2.24) is 4.90 Å². The second-order valence-corrected chi connectivity index (χ2v) is 5.09. The first-order valence-corrected chi connectivity index (χ1v) is 6.52. The molecule has 0 aromatic carbocycles. The van der Waals surface area contributed by atoms with E-state index in [0.717, 1.165) is 25.8 Å². The summed E-state index contributed by atoms with van der Waals surface area (Å²) in [5.74, 6) is 0.722. The minimum atomic E-state index is 0.209. The van der Waals surface area contributed by atoms with E-state index in [-0.39, 0.29) is 6.61 Å². The summed E-state index contributed by atoms with van der Waals surface area (Å²) in [6, 6.07) is 0.386.